The van der Waals surface area contributed by atoms with Crippen LogP contribution >= 0.6 is 0 Å². The van der Waals surface area contributed by atoms with Crippen LogP contribution in [0.5, 0.6) is 0 Å². The van der Waals surface area contributed by atoms with Crippen molar-refractivity contribution in [1.82, 2.24) is 0 Å². The van der Waals surface area contributed by atoms with Gasteiger partial charge in [-0.15, -0.1) is 0 Å². The fourth-order valence-corrected chi connectivity index (χ4v) is 1.04. The monoisotopic (exact) mass is 176 g/mol. The normalized spacial score (nSPS) is 11.4. The molecule has 2 nitrogen and oxygen atoms in total. The zero-order valence-electron chi connectivity index (χ0n) is 7.74. The number of rotatable bonds is 2. The van der Waals surface area contributed by atoms with E-state index in [4.69, 9.17) is 5.11 Å². The van der Waals surface area contributed by atoms with Gasteiger partial charge in [0.15, 0.2) is 0 Å². The maximum Gasteiger partial charge on any atom is 0.335 e. The molecule has 0 heterocycles. The summed E-state index contributed by atoms with van der Waals surface area (Å²) in [5.74, 6) is -0.885. The summed E-state index contributed by atoms with van der Waals surface area (Å²) in [5, 5.41) is 8.66. The first-order chi connectivity index (χ1) is 6.15. The van der Waals surface area contributed by atoms with Crippen molar-refractivity contribution >= 4 is 11.5 Å². The Labute approximate surface area is 77.5 Å². The predicted molar refractivity (Wildman–Crippen MR) is 52.7 cm³/mol. The highest BCUT2D eigenvalue weighted by Gasteiger charge is 2.01. The lowest BCUT2D eigenvalue weighted by Gasteiger charge is -2.00. The molecule has 2 heteroatoms. The van der Waals surface area contributed by atoms with E-state index in [9.17, 15) is 4.79 Å². The minimum atomic E-state index is -0.885. The van der Waals surface area contributed by atoms with Gasteiger partial charge >= 0.3 is 5.97 Å². The predicted octanol–water partition coefficient (Wildman–Crippen LogP) is 2.81. The molecule has 68 valence electrons. The van der Waals surface area contributed by atoms with E-state index in [2.05, 4.69) is 0 Å². The molecular formula is C11H12O2. The maximum atomic E-state index is 10.5. The molecule has 0 unspecified atom stereocenters. The minimum absolute atomic E-state index is 0.327. The zero-order valence-corrected chi connectivity index (χ0v) is 7.74. The summed E-state index contributed by atoms with van der Waals surface area (Å²) in [7, 11) is 0. The first-order valence-electron chi connectivity index (χ1n) is 4.12. The van der Waals surface area contributed by atoms with Gasteiger partial charge < -0.3 is 5.11 Å². The van der Waals surface area contributed by atoms with Gasteiger partial charge in [0, 0.05) is 0 Å². The van der Waals surface area contributed by atoms with Crippen molar-refractivity contribution in [3.8, 4) is 0 Å². The van der Waals surface area contributed by atoms with Crippen LogP contribution in [0.2, 0.25) is 0 Å². The topological polar surface area (TPSA) is 37.3 Å². The van der Waals surface area contributed by atoms with Crippen LogP contribution in [-0.4, -0.2) is 11.1 Å². The number of carbonyl (C=O) groups is 1. The third-order valence-corrected chi connectivity index (χ3v) is 2.02. The van der Waals surface area contributed by atoms with E-state index in [1.807, 2.05) is 32.1 Å². The van der Waals surface area contributed by atoms with Crippen molar-refractivity contribution in [2.45, 2.75) is 13.8 Å². The average Bonchev–Trinajstić information content (AvgIpc) is 2.17. The minimum Gasteiger partial charge on any atom is -0.478 e. The summed E-state index contributed by atoms with van der Waals surface area (Å²) in [5.41, 5.74) is 2.54. The Morgan fingerprint density at radius 2 is 1.69 bits per heavy atom. The van der Waals surface area contributed by atoms with Gasteiger partial charge in [-0.1, -0.05) is 18.2 Å². The Balaban J connectivity index is 3.00. The molecule has 0 aliphatic carbocycles. The van der Waals surface area contributed by atoms with E-state index in [-0.39, 0.29) is 0 Å². The molecule has 0 spiro atoms. The second kappa shape index (κ2) is 3.90. The molecule has 0 radical (unpaired) electrons. The highest BCUT2D eigenvalue weighted by molar-refractivity contribution is 5.88. The second-order valence-corrected chi connectivity index (χ2v) is 2.85. The third kappa shape index (κ3) is 2.18. The lowest BCUT2D eigenvalue weighted by molar-refractivity contribution is 0.0697. The molecule has 1 rings (SSSR count). The Morgan fingerprint density at radius 3 is 2.08 bits per heavy atom. The maximum absolute atomic E-state index is 10.5. The summed E-state index contributed by atoms with van der Waals surface area (Å²) in [6.45, 7) is 3.95. The van der Waals surface area contributed by atoms with Crippen LogP contribution in [0.25, 0.3) is 5.57 Å². The standard InChI is InChI=1S/C11H12O2/c1-3-8(2)9-4-6-10(7-5-9)11(12)13/h3-7H,1-2H3,(H,12,13)/b8-3-. The Hall–Kier alpha value is -1.57. The summed E-state index contributed by atoms with van der Waals surface area (Å²) >= 11 is 0. The first kappa shape index (κ1) is 9.52. The van der Waals surface area contributed by atoms with Gasteiger partial charge in [0.25, 0.3) is 0 Å². The molecule has 0 saturated carbocycles. The summed E-state index contributed by atoms with van der Waals surface area (Å²) in [4.78, 5) is 10.5. The van der Waals surface area contributed by atoms with Crippen molar-refractivity contribution in [2.24, 2.45) is 0 Å². The fraction of sp³-hybridized carbons (Fsp3) is 0.182. The molecular weight excluding hydrogens is 164 g/mol. The molecule has 0 bridgehead atoms. The molecule has 13 heavy (non-hydrogen) atoms. The van der Waals surface area contributed by atoms with Gasteiger partial charge in [0.2, 0.25) is 0 Å². The molecule has 1 aromatic carbocycles. The van der Waals surface area contributed by atoms with E-state index in [1.54, 1.807) is 12.1 Å². The van der Waals surface area contributed by atoms with E-state index in [0.29, 0.717) is 5.56 Å². The number of aromatic carboxylic acids is 1. The summed E-state index contributed by atoms with van der Waals surface area (Å²) < 4.78 is 0. The van der Waals surface area contributed by atoms with E-state index >= 15 is 0 Å². The molecule has 0 aliphatic rings. The van der Waals surface area contributed by atoms with E-state index in [1.165, 1.54) is 0 Å². The second-order valence-electron chi connectivity index (χ2n) is 2.85. The smallest absolute Gasteiger partial charge is 0.335 e. The number of allylic oxidation sites excluding steroid dienone is 2. The molecule has 0 amide bonds. The molecule has 0 fully saturated rings. The van der Waals surface area contributed by atoms with Crippen LogP contribution in [0.4, 0.5) is 0 Å². The molecule has 0 aliphatic heterocycles. The van der Waals surface area contributed by atoms with Gasteiger partial charge in [0.1, 0.15) is 0 Å². The zero-order chi connectivity index (χ0) is 9.84. The van der Waals surface area contributed by atoms with Crippen molar-refractivity contribution in [3.63, 3.8) is 0 Å². The van der Waals surface area contributed by atoms with Crippen molar-refractivity contribution in [1.29, 1.82) is 0 Å². The Kier molecular flexibility index (Phi) is 2.85. The number of carboxylic acids is 1. The van der Waals surface area contributed by atoms with Gasteiger partial charge in [-0.3, -0.25) is 0 Å². The first-order valence-corrected chi connectivity index (χ1v) is 4.12. The van der Waals surface area contributed by atoms with Crippen molar-refractivity contribution < 1.29 is 9.90 Å². The van der Waals surface area contributed by atoms with Crippen molar-refractivity contribution in [3.05, 3.63) is 41.5 Å². The third-order valence-electron chi connectivity index (χ3n) is 2.02. The SMILES string of the molecule is C/C=C(/C)c1ccc(C(=O)O)cc1. The fourth-order valence-electron chi connectivity index (χ4n) is 1.04. The number of hydrogen-bond acceptors (Lipinski definition) is 1. The average molecular weight is 176 g/mol. The van der Waals surface area contributed by atoms with Gasteiger partial charge in [-0.05, 0) is 37.1 Å². The Bertz CT molecular complexity index is 334. The quantitative estimate of drug-likeness (QED) is 0.752. The van der Waals surface area contributed by atoms with Crippen LogP contribution < -0.4 is 0 Å². The highest BCUT2D eigenvalue weighted by atomic mass is 16.4. The number of carboxylic acid groups (broad SMARTS) is 1. The van der Waals surface area contributed by atoms with Crippen LogP contribution in [0.3, 0.4) is 0 Å². The van der Waals surface area contributed by atoms with Crippen molar-refractivity contribution in [2.75, 3.05) is 0 Å². The van der Waals surface area contributed by atoms with E-state index in [0.717, 1.165) is 11.1 Å². The number of hydrogen-bond donors (Lipinski definition) is 1. The van der Waals surface area contributed by atoms with Gasteiger partial charge in [-0.25, -0.2) is 4.79 Å². The summed E-state index contributed by atoms with van der Waals surface area (Å²) in [6, 6.07) is 6.87. The highest BCUT2D eigenvalue weighted by Crippen LogP contribution is 2.13. The molecule has 1 N–H and O–H groups in total. The van der Waals surface area contributed by atoms with Crippen LogP contribution in [0.15, 0.2) is 30.3 Å². The summed E-state index contributed by atoms with van der Waals surface area (Å²) in [6.07, 6.45) is 2.00. The lowest BCUT2D eigenvalue weighted by atomic mass is 10.1. The van der Waals surface area contributed by atoms with E-state index < -0.39 is 5.97 Å². The van der Waals surface area contributed by atoms with Gasteiger partial charge in [0.05, 0.1) is 5.56 Å². The lowest BCUT2D eigenvalue weighted by Crippen LogP contribution is -1.95. The molecule has 0 aromatic heterocycles. The number of benzene rings is 1. The van der Waals surface area contributed by atoms with Crippen LogP contribution in [0.1, 0.15) is 29.8 Å². The molecule has 1 aromatic rings. The van der Waals surface area contributed by atoms with Crippen LogP contribution in [-0.2, 0) is 0 Å². The Morgan fingerprint density at radius 1 is 1.23 bits per heavy atom. The largest absolute Gasteiger partial charge is 0.478 e. The van der Waals surface area contributed by atoms with Gasteiger partial charge in [-0.2, -0.15) is 0 Å². The molecule has 0 atom stereocenters. The molecule has 0 saturated heterocycles. The van der Waals surface area contributed by atoms with Crippen LogP contribution in [0, 0.1) is 0 Å².